The van der Waals surface area contributed by atoms with E-state index >= 15 is 0 Å². The Balaban J connectivity index is 1.76. The minimum absolute atomic E-state index is 0.504. The summed E-state index contributed by atoms with van der Waals surface area (Å²) in [4.78, 5) is 6.69. The lowest BCUT2D eigenvalue weighted by Crippen LogP contribution is -2.39. The third kappa shape index (κ3) is 4.62. The zero-order valence-electron chi connectivity index (χ0n) is 12.5. The average molecular weight is 264 g/mol. The summed E-state index contributed by atoms with van der Waals surface area (Å²) < 4.78 is 2.15. The molecule has 2 atom stereocenters. The van der Waals surface area contributed by atoms with Crippen LogP contribution in [0.25, 0.3) is 0 Å². The van der Waals surface area contributed by atoms with E-state index in [9.17, 15) is 0 Å². The largest absolute Gasteiger partial charge is 0.336 e. The third-order valence-corrected chi connectivity index (χ3v) is 4.06. The van der Waals surface area contributed by atoms with Crippen LogP contribution in [-0.2, 0) is 6.54 Å². The fourth-order valence-electron chi connectivity index (χ4n) is 2.97. The molecule has 0 amide bonds. The molecule has 1 aromatic heterocycles. The lowest BCUT2D eigenvalue weighted by atomic mass is 10.1. The first kappa shape index (κ1) is 14.5. The Morgan fingerprint density at radius 3 is 2.79 bits per heavy atom. The SMILES string of the molecule is CC(Cn1ccnc1)NC1CCCN(C(C)C)CC1. The van der Waals surface area contributed by atoms with Crippen LogP contribution < -0.4 is 5.32 Å². The van der Waals surface area contributed by atoms with Crippen LogP contribution in [0.1, 0.15) is 40.0 Å². The van der Waals surface area contributed by atoms with Crippen LogP contribution in [0.15, 0.2) is 18.7 Å². The lowest BCUT2D eigenvalue weighted by molar-refractivity contribution is 0.228. The molecule has 0 bridgehead atoms. The molecule has 0 radical (unpaired) electrons. The van der Waals surface area contributed by atoms with E-state index in [-0.39, 0.29) is 0 Å². The van der Waals surface area contributed by atoms with Crippen LogP contribution in [0.5, 0.6) is 0 Å². The number of aromatic nitrogens is 2. The number of imidazole rings is 1. The first-order chi connectivity index (χ1) is 9.15. The summed E-state index contributed by atoms with van der Waals surface area (Å²) in [5, 5.41) is 3.78. The fourth-order valence-corrected chi connectivity index (χ4v) is 2.97. The number of nitrogens with zero attached hydrogens (tertiary/aromatic N) is 3. The van der Waals surface area contributed by atoms with Crippen molar-refractivity contribution in [3.63, 3.8) is 0 Å². The van der Waals surface area contributed by atoms with Crippen molar-refractivity contribution in [2.45, 2.75) is 64.7 Å². The zero-order valence-corrected chi connectivity index (χ0v) is 12.5. The predicted octanol–water partition coefficient (Wildman–Crippen LogP) is 2.12. The molecular formula is C15H28N4. The van der Waals surface area contributed by atoms with Crippen LogP contribution in [-0.4, -0.2) is 45.7 Å². The Bertz CT molecular complexity index is 347. The van der Waals surface area contributed by atoms with E-state index in [1.54, 1.807) is 0 Å². The fraction of sp³-hybridized carbons (Fsp3) is 0.800. The van der Waals surface area contributed by atoms with Crippen molar-refractivity contribution >= 4 is 0 Å². The van der Waals surface area contributed by atoms with Crippen molar-refractivity contribution in [2.75, 3.05) is 13.1 Å². The van der Waals surface area contributed by atoms with Crippen molar-refractivity contribution in [3.05, 3.63) is 18.7 Å². The van der Waals surface area contributed by atoms with E-state index in [1.165, 1.54) is 32.4 Å². The standard InChI is InChI=1S/C15H28N4/c1-13(2)19-8-4-5-15(6-9-19)17-14(3)11-18-10-7-16-12-18/h7,10,12-15,17H,4-6,8-9,11H2,1-3H3. The lowest BCUT2D eigenvalue weighted by Gasteiger charge is -2.25. The maximum Gasteiger partial charge on any atom is 0.0946 e. The number of nitrogens with one attached hydrogen (secondary N) is 1. The average Bonchev–Trinajstić information content (AvgIpc) is 2.73. The first-order valence-electron chi connectivity index (χ1n) is 7.61. The minimum Gasteiger partial charge on any atom is -0.336 e. The summed E-state index contributed by atoms with van der Waals surface area (Å²) in [5.74, 6) is 0. The molecule has 0 saturated carbocycles. The minimum atomic E-state index is 0.504. The van der Waals surface area contributed by atoms with Gasteiger partial charge in [-0.2, -0.15) is 0 Å². The van der Waals surface area contributed by atoms with Crippen molar-refractivity contribution in [1.82, 2.24) is 19.8 Å². The van der Waals surface area contributed by atoms with Gasteiger partial charge in [-0.3, -0.25) is 0 Å². The molecule has 0 aromatic carbocycles. The maximum atomic E-state index is 4.09. The van der Waals surface area contributed by atoms with E-state index in [1.807, 2.05) is 18.7 Å². The molecule has 1 N–H and O–H groups in total. The van der Waals surface area contributed by atoms with Crippen LogP contribution >= 0.6 is 0 Å². The van der Waals surface area contributed by atoms with Crippen LogP contribution in [0, 0.1) is 0 Å². The molecule has 1 aromatic rings. The summed E-state index contributed by atoms with van der Waals surface area (Å²) >= 11 is 0. The van der Waals surface area contributed by atoms with Crippen LogP contribution in [0.4, 0.5) is 0 Å². The van der Waals surface area contributed by atoms with Gasteiger partial charge in [0, 0.05) is 37.1 Å². The van der Waals surface area contributed by atoms with Crippen LogP contribution in [0.3, 0.4) is 0 Å². The first-order valence-corrected chi connectivity index (χ1v) is 7.61. The highest BCUT2D eigenvalue weighted by atomic mass is 15.2. The van der Waals surface area contributed by atoms with Gasteiger partial charge in [0.05, 0.1) is 6.33 Å². The Kier molecular flexibility index (Phi) is 5.40. The van der Waals surface area contributed by atoms with Crippen LogP contribution in [0.2, 0.25) is 0 Å². The Hall–Kier alpha value is -0.870. The van der Waals surface area contributed by atoms with Gasteiger partial charge in [-0.05, 0) is 53.1 Å². The summed E-state index contributed by atoms with van der Waals surface area (Å²) in [6.45, 7) is 10.4. The molecule has 2 unspecified atom stereocenters. The van der Waals surface area contributed by atoms with E-state index in [4.69, 9.17) is 0 Å². The second-order valence-corrected chi connectivity index (χ2v) is 6.08. The number of hydrogen-bond donors (Lipinski definition) is 1. The second kappa shape index (κ2) is 7.06. The molecular weight excluding hydrogens is 236 g/mol. The Labute approximate surface area is 117 Å². The summed E-state index contributed by atoms with van der Waals surface area (Å²) in [5.41, 5.74) is 0. The molecule has 4 nitrogen and oxygen atoms in total. The molecule has 2 heterocycles. The molecule has 0 spiro atoms. The maximum absolute atomic E-state index is 4.09. The monoisotopic (exact) mass is 264 g/mol. The second-order valence-electron chi connectivity index (χ2n) is 6.08. The molecule has 1 aliphatic heterocycles. The van der Waals surface area contributed by atoms with Crippen molar-refractivity contribution in [3.8, 4) is 0 Å². The number of hydrogen-bond acceptors (Lipinski definition) is 3. The number of rotatable bonds is 5. The smallest absolute Gasteiger partial charge is 0.0946 e. The van der Waals surface area contributed by atoms with Gasteiger partial charge in [-0.1, -0.05) is 0 Å². The van der Waals surface area contributed by atoms with E-state index in [0.29, 0.717) is 18.1 Å². The summed E-state index contributed by atoms with van der Waals surface area (Å²) in [6.07, 6.45) is 9.66. The quantitative estimate of drug-likeness (QED) is 0.884. The summed E-state index contributed by atoms with van der Waals surface area (Å²) in [6, 6.07) is 1.86. The highest BCUT2D eigenvalue weighted by Gasteiger charge is 2.19. The molecule has 108 valence electrons. The van der Waals surface area contributed by atoms with E-state index in [0.717, 1.165) is 6.54 Å². The molecule has 1 fully saturated rings. The summed E-state index contributed by atoms with van der Waals surface area (Å²) in [7, 11) is 0. The van der Waals surface area contributed by atoms with Gasteiger partial charge >= 0.3 is 0 Å². The zero-order chi connectivity index (χ0) is 13.7. The van der Waals surface area contributed by atoms with Gasteiger partial charge in [-0.15, -0.1) is 0 Å². The van der Waals surface area contributed by atoms with Gasteiger partial charge in [0.25, 0.3) is 0 Å². The van der Waals surface area contributed by atoms with Gasteiger partial charge in [-0.25, -0.2) is 4.98 Å². The van der Waals surface area contributed by atoms with Gasteiger partial charge in [0.2, 0.25) is 0 Å². The highest BCUT2D eigenvalue weighted by molar-refractivity contribution is 4.81. The third-order valence-electron chi connectivity index (χ3n) is 4.06. The molecule has 1 saturated heterocycles. The topological polar surface area (TPSA) is 33.1 Å². The van der Waals surface area contributed by atoms with Gasteiger partial charge < -0.3 is 14.8 Å². The van der Waals surface area contributed by atoms with Gasteiger partial charge in [0.1, 0.15) is 0 Å². The predicted molar refractivity (Wildman–Crippen MR) is 79.2 cm³/mol. The number of likely N-dealkylation sites (tertiary alicyclic amines) is 1. The van der Waals surface area contributed by atoms with Crippen molar-refractivity contribution < 1.29 is 0 Å². The molecule has 0 aliphatic carbocycles. The van der Waals surface area contributed by atoms with E-state index < -0.39 is 0 Å². The molecule has 1 aliphatic rings. The van der Waals surface area contributed by atoms with Gasteiger partial charge in [0.15, 0.2) is 0 Å². The Morgan fingerprint density at radius 2 is 2.11 bits per heavy atom. The highest BCUT2D eigenvalue weighted by Crippen LogP contribution is 2.14. The molecule has 4 heteroatoms. The van der Waals surface area contributed by atoms with E-state index in [2.05, 4.69) is 40.5 Å². The van der Waals surface area contributed by atoms with Crippen molar-refractivity contribution in [1.29, 1.82) is 0 Å². The normalized spacial score (nSPS) is 23.5. The Morgan fingerprint density at radius 1 is 1.26 bits per heavy atom. The van der Waals surface area contributed by atoms with Crippen molar-refractivity contribution in [2.24, 2.45) is 0 Å². The molecule has 2 rings (SSSR count). The molecule has 19 heavy (non-hydrogen) atoms.